The topological polar surface area (TPSA) is 91.4 Å². The minimum absolute atomic E-state index is 0.0168. The van der Waals surface area contributed by atoms with E-state index >= 15 is 0 Å². The maximum Gasteiger partial charge on any atom is 0.261 e. The number of pyridine rings is 1. The molecule has 0 fully saturated rings. The summed E-state index contributed by atoms with van der Waals surface area (Å²) in [5, 5.41) is 7.97. The number of halogens is 2. The number of hydrogen-bond donors (Lipinski definition) is 2. The lowest BCUT2D eigenvalue weighted by Gasteiger charge is -2.13. The van der Waals surface area contributed by atoms with E-state index in [1.54, 1.807) is 6.20 Å². The van der Waals surface area contributed by atoms with Crippen LogP contribution in [0.2, 0.25) is 5.02 Å². The molecule has 0 saturated heterocycles. The quantitative estimate of drug-likeness (QED) is 0.294. The van der Waals surface area contributed by atoms with Crippen LogP contribution in [-0.4, -0.2) is 47.2 Å². The molecular formula is C26H26ClFN4O3. The van der Waals surface area contributed by atoms with E-state index in [2.05, 4.69) is 15.6 Å². The van der Waals surface area contributed by atoms with E-state index in [0.29, 0.717) is 11.6 Å². The standard InChI is InChI=1S/C26H26ClFN4O3/c27-17-5-7-20-22(9-13-30-23(20)15-17)29-11-3-1-2-4-12-31-24(33)10-14-32-25(34)19-8-6-18(28)16-21(19)26(32)35/h5-9,13,15-16H,1-4,10-12,14H2,(H,29,30)(H,31,33). The number of carbonyl (C=O) groups excluding carboxylic acids is 3. The molecule has 0 radical (unpaired) electrons. The van der Waals surface area contributed by atoms with Crippen LogP contribution in [0.3, 0.4) is 0 Å². The number of unbranched alkanes of at least 4 members (excludes halogenated alkanes) is 3. The fourth-order valence-corrected chi connectivity index (χ4v) is 4.26. The first kappa shape index (κ1) is 24.6. The number of benzene rings is 2. The molecule has 0 unspecified atom stereocenters. The van der Waals surface area contributed by atoms with E-state index in [0.717, 1.165) is 65.9 Å². The molecule has 2 aromatic carbocycles. The molecular weight excluding hydrogens is 471 g/mol. The van der Waals surface area contributed by atoms with E-state index in [4.69, 9.17) is 11.6 Å². The molecule has 9 heteroatoms. The Labute approximate surface area is 207 Å². The highest BCUT2D eigenvalue weighted by molar-refractivity contribution is 6.31. The predicted molar refractivity (Wildman–Crippen MR) is 133 cm³/mol. The maximum absolute atomic E-state index is 13.4. The van der Waals surface area contributed by atoms with Gasteiger partial charge in [-0.05, 0) is 55.3 Å². The number of nitrogens with one attached hydrogen (secondary N) is 2. The molecule has 35 heavy (non-hydrogen) atoms. The number of rotatable bonds is 11. The molecule has 0 saturated carbocycles. The molecule has 1 aliphatic rings. The minimum atomic E-state index is -0.573. The van der Waals surface area contributed by atoms with E-state index in [1.165, 1.54) is 6.07 Å². The van der Waals surface area contributed by atoms with Gasteiger partial charge in [-0.1, -0.05) is 24.4 Å². The minimum Gasteiger partial charge on any atom is -0.384 e. The van der Waals surface area contributed by atoms with Crippen LogP contribution in [0, 0.1) is 5.82 Å². The van der Waals surface area contributed by atoms with Gasteiger partial charge in [0.05, 0.1) is 16.6 Å². The van der Waals surface area contributed by atoms with E-state index in [-0.39, 0.29) is 30.0 Å². The third-order valence-electron chi connectivity index (χ3n) is 5.94. The van der Waals surface area contributed by atoms with Crippen molar-refractivity contribution in [2.75, 3.05) is 25.0 Å². The van der Waals surface area contributed by atoms with Crippen molar-refractivity contribution in [2.24, 2.45) is 0 Å². The van der Waals surface area contributed by atoms with Gasteiger partial charge in [0.1, 0.15) is 5.82 Å². The first-order valence-electron chi connectivity index (χ1n) is 11.6. The van der Waals surface area contributed by atoms with Crippen molar-refractivity contribution in [1.82, 2.24) is 15.2 Å². The Kier molecular flexibility index (Phi) is 7.92. The monoisotopic (exact) mass is 496 g/mol. The second kappa shape index (κ2) is 11.3. The van der Waals surface area contributed by atoms with Crippen LogP contribution in [0.1, 0.15) is 52.8 Å². The SMILES string of the molecule is O=C(CCN1C(=O)c2ccc(F)cc2C1=O)NCCCCCCNc1ccnc2cc(Cl)ccc12. The first-order valence-corrected chi connectivity index (χ1v) is 12.0. The van der Waals surface area contributed by atoms with Gasteiger partial charge in [0, 0.05) is 48.3 Å². The van der Waals surface area contributed by atoms with Crippen molar-refractivity contribution >= 4 is 45.9 Å². The predicted octanol–water partition coefficient (Wildman–Crippen LogP) is 4.80. The molecule has 2 N–H and O–H groups in total. The summed E-state index contributed by atoms with van der Waals surface area (Å²) in [5.41, 5.74) is 2.11. The zero-order chi connectivity index (χ0) is 24.8. The molecule has 7 nitrogen and oxygen atoms in total. The number of aromatic nitrogens is 1. The Morgan fingerprint density at radius 2 is 1.71 bits per heavy atom. The van der Waals surface area contributed by atoms with Crippen LogP contribution >= 0.6 is 11.6 Å². The Bertz CT molecular complexity index is 1270. The fraction of sp³-hybridized carbons (Fsp3) is 0.308. The van der Waals surface area contributed by atoms with Crippen molar-refractivity contribution in [1.29, 1.82) is 0 Å². The molecule has 0 bridgehead atoms. The molecule has 4 rings (SSSR count). The van der Waals surface area contributed by atoms with Gasteiger partial charge in [0.25, 0.3) is 11.8 Å². The zero-order valence-electron chi connectivity index (χ0n) is 19.2. The van der Waals surface area contributed by atoms with Gasteiger partial charge in [0.15, 0.2) is 0 Å². The molecule has 1 aromatic heterocycles. The summed E-state index contributed by atoms with van der Waals surface area (Å²) < 4.78 is 13.4. The number of imide groups is 1. The molecule has 182 valence electrons. The summed E-state index contributed by atoms with van der Waals surface area (Å²) in [6.45, 7) is 1.34. The number of anilines is 1. The van der Waals surface area contributed by atoms with E-state index in [1.807, 2.05) is 24.3 Å². The molecule has 3 aromatic rings. The average Bonchev–Trinajstić information content (AvgIpc) is 3.07. The lowest BCUT2D eigenvalue weighted by molar-refractivity contribution is -0.121. The Balaban J connectivity index is 1.09. The van der Waals surface area contributed by atoms with Crippen LogP contribution < -0.4 is 10.6 Å². The Morgan fingerprint density at radius 3 is 2.54 bits per heavy atom. The molecule has 0 aliphatic carbocycles. The Morgan fingerprint density at radius 1 is 0.943 bits per heavy atom. The smallest absolute Gasteiger partial charge is 0.261 e. The second-order valence-corrected chi connectivity index (χ2v) is 8.85. The third kappa shape index (κ3) is 5.95. The summed E-state index contributed by atoms with van der Waals surface area (Å²) in [6.07, 6.45) is 5.60. The van der Waals surface area contributed by atoms with Crippen molar-refractivity contribution in [3.8, 4) is 0 Å². The molecule has 0 spiro atoms. The second-order valence-electron chi connectivity index (χ2n) is 8.41. The molecule has 0 atom stereocenters. The number of amides is 3. The van der Waals surface area contributed by atoms with E-state index in [9.17, 15) is 18.8 Å². The summed E-state index contributed by atoms with van der Waals surface area (Å²) in [6, 6.07) is 11.1. The van der Waals surface area contributed by atoms with Gasteiger partial charge >= 0.3 is 0 Å². The van der Waals surface area contributed by atoms with Crippen LogP contribution in [-0.2, 0) is 4.79 Å². The van der Waals surface area contributed by atoms with Crippen LogP contribution in [0.25, 0.3) is 10.9 Å². The fourth-order valence-electron chi connectivity index (χ4n) is 4.10. The summed E-state index contributed by atoms with van der Waals surface area (Å²) >= 11 is 6.03. The lowest BCUT2D eigenvalue weighted by Crippen LogP contribution is -2.34. The molecule has 1 aliphatic heterocycles. The average molecular weight is 497 g/mol. The first-order chi connectivity index (χ1) is 16.9. The lowest BCUT2D eigenvalue weighted by atomic mass is 10.1. The van der Waals surface area contributed by atoms with E-state index < -0.39 is 17.6 Å². The Hall–Kier alpha value is -3.52. The largest absolute Gasteiger partial charge is 0.384 e. The van der Waals surface area contributed by atoms with Crippen LogP contribution in [0.15, 0.2) is 48.7 Å². The normalized spacial score (nSPS) is 12.8. The van der Waals surface area contributed by atoms with Gasteiger partial charge in [-0.15, -0.1) is 0 Å². The molecule has 3 amide bonds. The van der Waals surface area contributed by atoms with Crippen molar-refractivity contribution in [2.45, 2.75) is 32.1 Å². The zero-order valence-corrected chi connectivity index (χ0v) is 19.9. The van der Waals surface area contributed by atoms with Gasteiger partial charge in [-0.3, -0.25) is 24.3 Å². The van der Waals surface area contributed by atoms with Crippen LogP contribution in [0.5, 0.6) is 0 Å². The maximum atomic E-state index is 13.4. The number of hydrogen-bond acceptors (Lipinski definition) is 5. The highest BCUT2D eigenvalue weighted by Crippen LogP contribution is 2.25. The third-order valence-corrected chi connectivity index (χ3v) is 6.18. The number of fused-ring (bicyclic) bond motifs is 2. The summed E-state index contributed by atoms with van der Waals surface area (Å²) in [5.74, 6) is -1.85. The molecule has 2 heterocycles. The van der Waals surface area contributed by atoms with Crippen molar-refractivity contribution < 1.29 is 18.8 Å². The highest BCUT2D eigenvalue weighted by Gasteiger charge is 2.35. The van der Waals surface area contributed by atoms with Crippen molar-refractivity contribution in [3.63, 3.8) is 0 Å². The highest BCUT2D eigenvalue weighted by atomic mass is 35.5. The summed E-state index contributed by atoms with van der Waals surface area (Å²) in [4.78, 5) is 42.1. The van der Waals surface area contributed by atoms with Crippen molar-refractivity contribution in [3.05, 3.63) is 70.6 Å². The van der Waals surface area contributed by atoms with Gasteiger partial charge in [-0.25, -0.2) is 4.39 Å². The summed E-state index contributed by atoms with van der Waals surface area (Å²) in [7, 11) is 0. The van der Waals surface area contributed by atoms with Gasteiger partial charge in [-0.2, -0.15) is 0 Å². The van der Waals surface area contributed by atoms with Gasteiger partial charge < -0.3 is 10.6 Å². The number of nitrogens with zero attached hydrogens (tertiary/aromatic N) is 2. The van der Waals surface area contributed by atoms with Crippen LogP contribution in [0.4, 0.5) is 10.1 Å². The number of carbonyl (C=O) groups is 3. The van der Waals surface area contributed by atoms with Gasteiger partial charge in [0.2, 0.25) is 5.91 Å².